The van der Waals surface area contributed by atoms with E-state index in [1.807, 2.05) is 13.0 Å². The number of halogens is 2. The molecule has 3 rings (SSSR count). The minimum Gasteiger partial charge on any atom is -0.466 e. The quantitative estimate of drug-likeness (QED) is 0.706. The lowest BCUT2D eigenvalue weighted by atomic mass is 9.74. The van der Waals surface area contributed by atoms with Crippen molar-refractivity contribution in [3.8, 4) is 0 Å². The van der Waals surface area contributed by atoms with Gasteiger partial charge in [0.05, 0.1) is 11.6 Å². The molecule has 0 aliphatic heterocycles. The summed E-state index contributed by atoms with van der Waals surface area (Å²) in [7, 11) is 0. The Morgan fingerprint density at radius 2 is 2.07 bits per heavy atom. The summed E-state index contributed by atoms with van der Waals surface area (Å²) >= 11 is 3.23. The smallest absolute Gasteiger partial charge is 0.252 e. The fraction of sp³-hybridized carbons (Fsp3) is 0.429. The third kappa shape index (κ3) is 4.82. The summed E-state index contributed by atoms with van der Waals surface area (Å²) in [6.45, 7) is 6.39. The highest BCUT2D eigenvalue weighted by atomic mass is 79.9. The first-order valence-corrected chi connectivity index (χ1v) is 10.1. The molecule has 1 aromatic heterocycles. The standard InChI is InChI=1S/C21H24BrFN2O3/c1-12-8-15-17(10-21(2,3)11-18(15)28-12)25-19(26)6-7-24-20(27)14-9-13(23)4-5-16(14)22/h4-5,8-9,17H,6-7,10-11H2,1-3H3,(H,24,27)(H,25,26). The second-order valence-electron chi connectivity index (χ2n) is 8.03. The maximum absolute atomic E-state index is 13.3. The average Bonchev–Trinajstić information content (AvgIpc) is 2.96. The molecule has 0 saturated heterocycles. The third-order valence-electron chi connectivity index (χ3n) is 4.88. The molecular formula is C21H24BrFN2O3. The van der Waals surface area contributed by atoms with Crippen LogP contribution in [0.15, 0.2) is 33.2 Å². The number of amides is 2. The molecule has 1 unspecified atom stereocenters. The molecule has 150 valence electrons. The number of aryl methyl sites for hydroxylation is 1. The zero-order chi connectivity index (χ0) is 20.5. The number of hydrogen-bond donors (Lipinski definition) is 2. The van der Waals surface area contributed by atoms with Crippen molar-refractivity contribution in [3.05, 3.63) is 57.2 Å². The molecule has 1 aliphatic carbocycles. The van der Waals surface area contributed by atoms with Crippen molar-refractivity contribution in [3.63, 3.8) is 0 Å². The van der Waals surface area contributed by atoms with Gasteiger partial charge in [-0.25, -0.2) is 4.39 Å². The average molecular weight is 451 g/mol. The molecule has 28 heavy (non-hydrogen) atoms. The monoisotopic (exact) mass is 450 g/mol. The van der Waals surface area contributed by atoms with Crippen LogP contribution < -0.4 is 10.6 Å². The van der Waals surface area contributed by atoms with E-state index in [0.29, 0.717) is 4.47 Å². The lowest BCUT2D eigenvalue weighted by molar-refractivity contribution is -0.122. The minimum atomic E-state index is -0.489. The predicted molar refractivity (Wildman–Crippen MR) is 107 cm³/mol. The van der Waals surface area contributed by atoms with Gasteiger partial charge in [-0.15, -0.1) is 0 Å². The van der Waals surface area contributed by atoms with Crippen LogP contribution in [0, 0.1) is 18.2 Å². The first-order valence-electron chi connectivity index (χ1n) is 9.26. The molecule has 7 heteroatoms. The number of carbonyl (C=O) groups excluding carboxylic acids is 2. The Kier molecular flexibility index (Phi) is 5.93. The van der Waals surface area contributed by atoms with E-state index in [-0.39, 0.29) is 35.9 Å². The van der Waals surface area contributed by atoms with Gasteiger partial charge in [0, 0.05) is 29.4 Å². The number of furan rings is 1. The summed E-state index contributed by atoms with van der Waals surface area (Å²) in [4.78, 5) is 24.6. The largest absolute Gasteiger partial charge is 0.466 e. The van der Waals surface area contributed by atoms with Gasteiger partial charge in [0.25, 0.3) is 5.91 Å². The Balaban J connectivity index is 1.56. The summed E-state index contributed by atoms with van der Waals surface area (Å²) in [6, 6.07) is 5.79. The Morgan fingerprint density at radius 3 is 2.82 bits per heavy atom. The molecule has 0 bridgehead atoms. The molecule has 0 radical (unpaired) electrons. The van der Waals surface area contributed by atoms with Gasteiger partial charge in [0.2, 0.25) is 5.91 Å². The van der Waals surface area contributed by atoms with Crippen LogP contribution in [-0.4, -0.2) is 18.4 Å². The van der Waals surface area contributed by atoms with E-state index in [0.717, 1.165) is 36.0 Å². The zero-order valence-electron chi connectivity index (χ0n) is 16.2. The van der Waals surface area contributed by atoms with Crippen molar-refractivity contribution in [2.24, 2.45) is 5.41 Å². The van der Waals surface area contributed by atoms with Crippen LogP contribution in [0.4, 0.5) is 4.39 Å². The predicted octanol–water partition coefficient (Wildman–Crippen LogP) is 4.44. The van der Waals surface area contributed by atoms with Crippen molar-refractivity contribution in [2.45, 2.75) is 46.1 Å². The highest BCUT2D eigenvalue weighted by Crippen LogP contribution is 2.42. The molecule has 1 heterocycles. The van der Waals surface area contributed by atoms with Crippen molar-refractivity contribution in [1.82, 2.24) is 10.6 Å². The Morgan fingerprint density at radius 1 is 1.32 bits per heavy atom. The second-order valence-corrected chi connectivity index (χ2v) is 8.89. The Bertz CT molecular complexity index is 907. The molecular weight excluding hydrogens is 427 g/mol. The van der Waals surface area contributed by atoms with Gasteiger partial charge >= 0.3 is 0 Å². The van der Waals surface area contributed by atoms with E-state index in [1.54, 1.807) is 0 Å². The van der Waals surface area contributed by atoms with Crippen LogP contribution in [0.1, 0.15) is 60.2 Å². The summed E-state index contributed by atoms with van der Waals surface area (Å²) in [5.41, 5.74) is 1.28. The first kappa shape index (κ1) is 20.6. The zero-order valence-corrected chi connectivity index (χ0v) is 17.8. The van der Waals surface area contributed by atoms with Crippen LogP contribution >= 0.6 is 15.9 Å². The highest BCUT2D eigenvalue weighted by molar-refractivity contribution is 9.10. The van der Waals surface area contributed by atoms with E-state index < -0.39 is 11.7 Å². The van der Waals surface area contributed by atoms with Gasteiger partial charge in [-0.05, 0) is 59.0 Å². The third-order valence-corrected chi connectivity index (χ3v) is 5.57. The maximum atomic E-state index is 13.3. The molecule has 2 aromatic rings. The molecule has 0 saturated carbocycles. The number of carbonyl (C=O) groups is 2. The number of fused-ring (bicyclic) bond motifs is 1. The minimum absolute atomic E-state index is 0.0348. The van der Waals surface area contributed by atoms with Crippen LogP contribution in [0.2, 0.25) is 0 Å². The summed E-state index contributed by atoms with van der Waals surface area (Å²) in [6.07, 6.45) is 1.82. The molecule has 5 nitrogen and oxygen atoms in total. The van der Waals surface area contributed by atoms with Gasteiger partial charge in [0.15, 0.2) is 0 Å². The first-order chi connectivity index (χ1) is 13.1. The van der Waals surface area contributed by atoms with Crippen LogP contribution in [0.5, 0.6) is 0 Å². The van der Waals surface area contributed by atoms with Crippen LogP contribution in [0.3, 0.4) is 0 Å². The van der Waals surface area contributed by atoms with Gasteiger partial charge in [-0.1, -0.05) is 13.8 Å². The second kappa shape index (κ2) is 8.07. The lowest BCUT2D eigenvalue weighted by Crippen LogP contribution is -2.37. The maximum Gasteiger partial charge on any atom is 0.252 e. The lowest BCUT2D eigenvalue weighted by Gasteiger charge is -2.34. The number of benzene rings is 1. The molecule has 2 N–H and O–H groups in total. The van der Waals surface area contributed by atoms with Crippen LogP contribution in [0.25, 0.3) is 0 Å². The van der Waals surface area contributed by atoms with E-state index in [1.165, 1.54) is 12.1 Å². The summed E-state index contributed by atoms with van der Waals surface area (Å²) < 4.78 is 19.6. The molecule has 1 atom stereocenters. The molecule has 0 fully saturated rings. The number of rotatable bonds is 5. The Labute approximate surface area is 172 Å². The molecule has 0 spiro atoms. The van der Waals surface area contributed by atoms with E-state index in [2.05, 4.69) is 40.4 Å². The number of nitrogens with one attached hydrogen (secondary N) is 2. The van der Waals surface area contributed by atoms with Gasteiger partial charge in [0.1, 0.15) is 17.3 Å². The van der Waals surface area contributed by atoms with Crippen LogP contribution in [-0.2, 0) is 11.2 Å². The Hall–Kier alpha value is -2.15. The van der Waals surface area contributed by atoms with Crippen molar-refractivity contribution < 1.29 is 18.4 Å². The van der Waals surface area contributed by atoms with Gasteiger partial charge in [-0.3, -0.25) is 9.59 Å². The molecule has 1 aromatic carbocycles. The fourth-order valence-corrected chi connectivity index (χ4v) is 4.06. The number of hydrogen-bond acceptors (Lipinski definition) is 3. The normalized spacial score (nSPS) is 17.7. The summed E-state index contributed by atoms with van der Waals surface area (Å²) in [5.74, 6) is 0.715. The topological polar surface area (TPSA) is 71.3 Å². The molecule has 2 amide bonds. The van der Waals surface area contributed by atoms with Crippen molar-refractivity contribution in [1.29, 1.82) is 0 Å². The van der Waals surface area contributed by atoms with E-state index >= 15 is 0 Å². The SMILES string of the molecule is Cc1cc2c(o1)CC(C)(C)CC2NC(=O)CCNC(=O)c1cc(F)ccc1Br. The van der Waals surface area contributed by atoms with Crippen molar-refractivity contribution >= 4 is 27.7 Å². The highest BCUT2D eigenvalue weighted by Gasteiger charge is 2.35. The summed E-state index contributed by atoms with van der Waals surface area (Å²) in [5, 5.41) is 5.72. The van der Waals surface area contributed by atoms with Gasteiger partial charge in [-0.2, -0.15) is 0 Å². The van der Waals surface area contributed by atoms with E-state index in [4.69, 9.17) is 4.42 Å². The van der Waals surface area contributed by atoms with E-state index in [9.17, 15) is 14.0 Å². The molecule has 1 aliphatic rings. The van der Waals surface area contributed by atoms with Crippen molar-refractivity contribution in [2.75, 3.05) is 6.54 Å². The van der Waals surface area contributed by atoms with Gasteiger partial charge < -0.3 is 15.1 Å². The fourth-order valence-electron chi connectivity index (χ4n) is 3.64.